The van der Waals surface area contributed by atoms with E-state index in [1.165, 1.54) is 36.8 Å². The minimum Gasteiger partial charge on any atom is -0.512 e. The standard InChI is InChI=1S/C15H10N.2C14H16O2.C11H8N.2Ir/c1-2-7-13(8-3-1)15-14-9-5-4-6-12(14)10-11-16-15;2*1-3-12-4-6-13(7-5-12)8-9-14(16)10-11(2)15;1-2-6-10(7-3-1)11-8-4-5-9-12-11;;/h1-7,9-11H;2*3-7,10,16H,1,8-9H2,2H3;1-6,8-9H;;/q-1;;;-1;;. The summed E-state index contributed by atoms with van der Waals surface area (Å²) >= 11 is 0. The van der Waals surface area contributed by atoms with Gasteiger partial charge in [0.05, 0.1) is 11.5 Å². The fourth-order valence-corrected chi connectivity index (χ4v) is 5.75. The van der Waals surface area contributed by atoms with Crippen LogP contribution in [0.1, 0.15) is 48.9 Å². The Hall–Kier alpha value is -6.14. The van der Waals surface area contributed by atoms with Crippen molar-refractivity contribution in [2.45, 2.75) is 39.5 Å². The minimum atomic E-state index is -0.125. The molecule has 0 atom stereocenters. The number of nitrogens with zero attached hydrogens (tertiary/aromatic N) is 2. The molecule has 0 amide bonds. The van der Waals surface area contributed by atoms with Crippen LogP contribution in [0.5, 0.6) is 0 Å². The van der Waals surface area contributed by atoms with Crippen LogP contribution in [0.4, 0.5) is 0 Å². The van der Waals surface area contributed by atoms with Gasteiger partial charge in [0, 0.05) is 77.6 Å². The summed E-state index contributed by atoms with van der Waals surface area (Å²) in [6.45, 7) is 10.2. The summed E-state index contributed by atoms with van der Waals surface area (Å²) in [5.41, 5.74) is 8.47. The van der Waals surface area contributed by atoms with Gasteiger partial charge in [-0.05, 0) is 83.2 Å². The Balaban J connectivity index is 0.000000283. The van der Waals surface area contributed by atoms with Crippen molar-refractivity contribution < 1.29 is 60.0 Å². The summed E-state index contributed by atoms with van der Waals surface area (Å²) in [5.74, 6) is 0.0274. The quantitative estimate of drug-likeness (QED) is 0.0718. The van der Waals surface area contributed by atoms with Crippen LogP contribution in [0.3, 0.4) is 0 Å². The van der Waals surface area contributed by atoms with E-state index >= 15 is 0 Å². The number of fused-ring (bicyclic) bond motifs is 1. The minimum absolute atomic E-state index is 0. The predicted molar refractivity (Wildman–Crippen MR) is 247 cm³/mol. The zero-order chi connectivity index (χ0) is 43.0. The molecule has 0 aliphatic rings. The molecule has 2 heterocycles. The van der Waals surface area contributed by atoms with Crippen LogP contribution in [0.15, 0.2) is 195 Å². The number of aliphatic hydroxyl groups excluding tert-OH is 2. The molecule has 8 heteroatoms. The number of aromatic nitrogens is 2. The Kier molecular flexibility index (Phi) is 24.5. The number of allylic oxidation sites excluding steroid dienone is 4. The van der Waals surface area contributed by atoms with Crippen molar-refractivity contribution in [3.63, 3.8) is 0 Å². The van der Waals surface area contributed by atoms with Gasteiger partial charge in [0.15, 0.2) is 11.6 Å². The summed E-state index contributed by atoms with van der Waals surface area (Å²) < 4.78 is 0. The van der Waals surface area contributed by atoms with E-state index in [1.54, 1.807) is 18.3 Å². The van der Waals surface area contributed by atoms with Gasteiger partial charge in [-0.25, -0.2) is 0 Å². The van der Waals surface area contributed by atoms with E-state index in [0.717, 1.165) is 57.6 Å². The number of hydrogen-bond acceptors (Lipinski definition) is 6. The summed E-state index contributed by atoms with van der Waals surface area (Å²) in [6.07, 6.45) is 12.2. The van der Waals surface area contributed by atoms with Gasteiger partial charge in [-0.1, -0.05) is 110 Å². The first-order chi connectivity index (χ1) is 29.1. The van der Waals surface area contributed by atoms with Crippen LogP contribution in [0, 0.1) is 12.1 Å². The van der Waals surface area contributed by atoms with E-state index in [0.29, 0.717) is 12.8 Å². The molecule has 0 spiro atoms. The van der Waals surface area contributed by atoms with Gasteiger partial charge in [-0.3, -0.25) is 9.59 Å². The van der Waals surface area contributed by atoms with Crippen LogP contribution in [-0.4, -0.2) is 31.7 Å². The van der Waals surface area contributed by atoms with E-state index < -0.39 is 0 Å². The number of hydrogen-bond donors (Lipinski definition) is 2. The second-order valence-corrected chi connectivity index (χ2v) is 13.5. The Morgan fingerprint density at radius 1 is 0.565 bits per heavy atom. The van der Waals surface area contributed by atoms with Gasteiger partial charge < -0.3 is 20.2 Å². The Bertz CT molecular complexity index is 2350. The van der Waals surface area contributed by atoms with E-state index in [4.69, 9.17) is 0 Å². The molecule has 0 unspecified atom stereocenters. The Morgan fingerprint density at radius 3 is 1.50 bits per heavy atom. The fraction of sp³-hybridized carbons (Fsp3) is 0.111. The number of carbonyl (C=O) groups is 2. The van der Waals surface area contributed by atoms with Crippen molar-refractivity contribution in [3.05, 3.63) is 229 Å². The number of pyridine rings is 2. The average Bonchev–Trinajstić information content (AvgIpc) is 3.29. The van der Waals surface area contributed by atoms with Crippen LogP contribution < -0.4 is 0 Å². The molecular weight excluding hydrogens is 1130 g/mol. The molecule has 0 saturated carbocycles. The molecule has 0 fully saturated rings. The summed E-state index contributed by atoms with van der Waals surface area (Å²) in [6, 6.07) is 54.2. The molecule has 2 radical (unpaired) electrons. The van der Waals surface area contributed by atoms with Crippen LogP contribution in [0.2, 0.25) is 0 Å². The zero-order valence-corrected chi connectivity index (χ0v) is 39.6. The maximum atomic E-state index is 10.7. The first-order valence-electron chi connectivity index (χ1n) is 19.6. The molecule has 0 saturated heterocycles. The second kappa shape index (κ2) is 29.2. The zero-order valence-electron chi connectivity index (χ0n) is 34.8. The fourth-order valence-electron chi connectivity index (χ4n) is 5.75. The van der Waals surface area contributed by atoms with Crippen molar-refractivity contribution in [2.24, 2.45) is 0 Å². The van der Waals surface area contributed by atoms with E-state index in [-0.39, 0.29) is 63.3 Å². The molecular formula is C54H50Ir2N2O4-2. The number of carbonyl (C=O) groups excluding carboxylic acids is 2. The van der Waals surface area contributed by atoms with Crippen molar-refractivity contribution >= 4 is 34.5 Å². The van der Waals surface area contributed by atoms with E-state index in [1.807, 2.05) is 140 Å². The SMILES string of the molecule is C=Cc1ccc(CCC(O)=CC(C)=O)cc1.C=Cc1ccc(CCC(O)=CC(C)=O)cc1.[Ir].[Ir].[c-]1ccccc1-c1ccccn1.[c-]1ccccc1-c1nccc2ccccc12. The third-order valence-corrected chi connectivity index (χ3v) is 8.80. The van der Waals surface area contributed by atoms with Crippen LogP contribution in [0.25, 0.3) is 45.4 Å². The summed E-state index contributed by atoms with van der Waals surface area (Å²) in [4.78, 5) is 30.1. The second-order valence-electron chi connectivity index (χ2n) is 13.5. The summed E-state index contributed by atoms with van der Waals surface area (Å²) in [5, 5.41) is 21.2. The van der Waals surface area contributed by atoms with Gasteiger partial charge in [0.2, 0.25) is 0 Å². The monoisotopic (exact) mass is 1180 g/mol. The number of ketones is 2. The smallest absolute Gasteiger partial charge is 0.155 e. The molecule has 2 N–H and O–H groups in total. The maximum absolute atomic E-state index is 10.7. The predicted octanol–water partition coefficient (Wildman–Crippen LogP) is 12.8. The molecule has 7 rings (SSSR count). The topological polar surface area (TPSA) is 100 Å². The molecule has 62 heavy (non-hydrogen) atoms. The molecule has 6 nitrogen and oxygen atoms in total. The molecule has 320 valence electrons. The van der Waals surface area contributed by atoms with Gasteiger partial charge >= 0.3 is 0 Å². The number of benzene rings is 5. The van der Waals surface area contributed by atoms with Crippen molar-refractivity contribution in [1.82, 2.24) is 9.97 Å². The first kappa shape index (κ1) is 52.0. The number of aryl methyl sites for hydroxylation is 2. The van der Waals surface area contributed by atoms with E-state index in [2.05, 4.69) is 47.4 Å². The molecule has 2 aromatic heterocycles. The molecule has 0 aliphatic heterocycles. The van der Waals surface area contributed by atoms with Gasteiger partial charge in [-0.2, -0.15) is 0 Å². The molecule has 5 aromatic carbocycles. The average molecular weight is 1180 g/mol. The largest absolute Gasteiger partial charge is 0.512 e. The Morgan fingerprint density at radius 2 is 1.05 bits per heavy atom. The first-order valence-corrected chi connectivity index (χ1v) is 19.6. The normalized spacial score (nSPS) is 10.4. The third kappa shape index (κ3) is 19.1. The number of rotatable bonds is 12. The summed E-state index contributed by atoms with van der Waals surface area (Å²) in [7, 11) is 0. The van der Waals surface area contributed by atoms with Gasteiger partial charge in [0.1, 0.15) is 0 Å². The number of aliphatic hydroxyl groups is 2. The Labute approximate surface area is 393 Å². The van der Waals surface area contributed by atoms with Crippen molar-refractivity contribution in [1.29, 1.82) is 0 Å². The van der Waals surface area contributed by atoms with Gasteiger partial charge in [-0.15, -0.1) is 71.8 Å². The van der Waals surface area contributed by atoms with Crippen molar-refractivity contribution in [2.75, 3.05) is 0 Å². The molecule has 0 aliphatic carbocycles. The van der Waals surface area contributed by atoms with E-state index in [9.17, 15) is 19.8 Å². The van der Waals surface area contributed by atoms with Crippen LogP contribution in [-0.2, 0) is 62.6 Å². The molecule has 7 aromatic rings. The van der Waals surface area contributed by atoms with Crippen LogP contribution >= 0.6 is 0 Å². The molecule has 0 bridgehead atoms. The maximum Gasteiger partial charge on any atom is 0.155 e. The van der Waals surface area contributed by atoms with Gasteiger partial charge in [0.25, 0.3) is 0 Å². The third-order valence-electron chi connectivity index (χ3n) is 8.80. The van der Waals surface area contributed by atoms with Crippen molar-refractivity contribution in [3.8, 4) is 22.5 Å².